The number of hydrogen-bond acceptors (Lipinski definition) is 5. The lowest BCUT2D eigenvalue weighted by Crippen LogP contribution is -2.56. The molecule has 7 nitrogen and oxygen atoms in total. The largest absolute Gasteiger partial charge is 0.508 e. The predicted molar refractivity (Wildman–Crippen MR) is 147 cm³/mol. The minimum absolute atomic E-state index is 0.00945. The molecule has 38 heavy (non-hydrogen) atoms. The van der Waals surface area contributed by atoms with Crippen molar-refractivity contribution in [2.45, 2.75) is 52.6 Å². The van der Waals surface area contributed by atoms with E-state index in [1.807, 2.05) is 52.0 Å². The van der Waals surface area contributed by atoms with Crippen LogP contribution >= 0.6 is 0 Å². The number of aliphatic hydroxyl groups is 1. The van der Waals surface area contributed by atoms with Crippen molar-refractivity contribution < 1.29 is 24.6 Å². The summed E-state index contributed by atoms with van der Waals surface area (Å²) in [5.74, 6) is -4.79. The third-order valence-corrected chi connectivity index (χ3v) is 7.39. The third kappa shape index (κ3) is 5.48. The predicted octanol–water partition coefficient (Wildman–Crippen LogP) is 4.94. The lowest BCUT2D eigenvalue weighted by atomic mass is 9.61. The van der Waals surface area contributed by atoms with Crippen LogP contribution < -0.4 is 10.6 Å². The zero-order valence-corrected chi connectivity index (χ0v) is 22.3. The Morgan fingerprint density at radius 2 is 1.32 bits per heavy atom. The molecular formula is C31H34N2O5. The van der Waals surface area contributed by atoms with E-state index in [9.17, 15) is 24.6 Å². The molecule has 2 amide bonds. The number of phenolic OH excluding ortho intramolecular Hbond substituents is 1. The molecule has 7 heteroatoms. The van der Waals surface area contributed by atoms with Crippen molar-refractivity contribution >= 4 is 29.0 Å². The van der Waals surface area contributed by atoms with Gasteiger partial charge in [0.2, 0.25) is 11.8 Å². The maximum Gasteiger partial charge on any atom is 0.235 e. The number of ketones is 1. The smallest absolute Gasteiger partial charge is 0.235 e. The van der Waals surface area contributed by atoms with Gasteiger partial charge in [-0.2, -0.15) is 0 Å². The molecule has 0 radical (unpaired) electrons. The van der Waals surface area contributed by atoms with Crippen LogP contribution in [-0.2, 0) is 14.4 Å². The minimum atomic E-state index is -1.71. The Balaban J connectivity index is 1.77. The number of aromatic hydroxyl groups is 1. The molecule has 1 aliphatic carbocycles. The zero-order chi connectivity index (χ0) is 27.8. The van der Waals surface area contributed by atoms with E-state index in [0.717, 1.165) is 22.3 Å². The normalized spacial score (nSPS) is 23.1. The van der Waals surface area contributed by atoms with Crippen LogP contribution in [0.1, 0.15) is 47.1 Å². The number of aryl methyl sites for hydroxylation is 4. The summed E-state index contributed by atoms with van der Waals surface area (Å²) in [5.41, 5.74) is 3.74. The third-order valence-electron chi connectivity index (χ3n) is 7.39. The number of phenols is 1. The van der Waals surface area contributed by atoms with Gasteiger partial charge in [0.1, 0.15) is 17.5 Å². The van der Waals surface area contributed by atoms with E-state index in [1.165, 1.54) is 19.1 Å². The van der Waals surface area contributed by atoms with Crippen molar-refractivity contribution in [2.75, 3.05) is 10.6 Å². The van der Waals surface area contributed by atoms with Crippen molar-refractivity contribution in [1.82, 2.24) is 0 Å². The number of amides is 2. The maximum atomic E-state index is 13.8. The molecule has 1 saturated carbocycles. The van der Waals surface area contributed by atoms with Gasteiger partial charge < -0.3 is 20.8 Å². The van der Waals surface area contributed by atoms with Crippen molar-refractivity contribution in [3.63, 3.8) is 0 Å². The Hall–Kier alpha value is -3.97. The number of rotatable bonds is 5. The fourth-order valence-electron chi connectivity index (χ4n) is 5.52. The molecule has 0 aliphatic heterocycles. The number of hydrogen-bond donors (Lipinski definition) is 4. The summed E-state index contributed by atoms with van der Waals surface area (Å²) in [5, 5.41) is 27.1. The summed E-state index contributed by atoms with van der Waals surface area (Å²) in [7, 11) is 0. The fourth-order valence-corrected chi connectivity index (χ4v) is 5.52. The Kier molecular flexibility index (Phi) is 7.42. The monoisotopic (exact) mass is 514 g/mol. The van der Waals surface area contributed by atoms with Gasteiger partial charge in [-0.3, -0.25) is 14.4 Å². The lowest BCUT2D eigenvalue weighted by Gasteiger charge is -2.44. The molecule has 0 aromatic heterocycles. The minimum Gasteiger partial charge on any atom is -0.508 e. The Bertz CT molecular complexity index is 1390. The molecule has 1 fully saturated rings. The summed E-state index contributed by atoms with van der Waals surface area (Å²) in [4.78, 5) is 41.0. The first kappa shape index (κ1) is 27.1. The van der Waals surface area contributed by atoms with Gasteiger partial charge in [0.05, 0.1) is 11.5 Å². The number of anilines is 2. The number of Topliss-reactive ketones (excluding diaryl/α,β-unsaturated/α-hetero) is 1. The van der Waals surface area contributed by atoms with Gasteiger partial charge in [0, 0.05) is 23.7 Å². The molecular weight excluding hydrogens is 480 g/mol. The Morgan fingerprint density at radius 1 is 0.816 bits per heavy atom. The van der Waals surface area contributed by atoms with E-state index in [2.05, 4.69) is 10.6 Å². The van der Waals surface area contributed by atoms with E-state index < -0.39 is 41.0 Å². The topological polar surface area (TPSA) is 116 Å². The van der Waals surface area contributed by atoms with Gasteiger partial charge in [-0.1, -0.05) is 47.5 Å². The molecule has 0 saturated heterocycles. The molecule has 3 aromatic carbocycles. The van der Waals surface area contributed by atoms with Crippen LogP contribution in [0.3, 0.4) is 0 Å². The van der Waals surface area contributed by atoms with Crippen molar-refractivity contribution in [1.29, 1.82) is 0 Å². The van der Waals surface area contributed by atoms with Crippen LogP contribution in [0.4, 0.5) is 11.4 Å². The quantitative estimate of drug-likeness (QED) is 0.360. The summed E-state index contributed by atoms with van der Waals surface area (Å²) >= 11 is 0. The highest BCUT2D eigenvalue weighted by atomic mass is 16.3. The molecule has 4 N–H and O–H groups in total. The molecule has 0 spiro atoms. The summed E-state index contributed by atoms with van der Waals surface area (Å²) in [6.45, 7) is 9.11. The lowest BCUT2D eigenvalue weighted by molar-refractivity contribution is -0.150. The number of nitrogens with one attached hydrogen (secondary N) is 2. The highest BCUT2D eigenvalue weighted by Gasteiger charge is 2.56. The van der Waals surface area contributed by atoms with E-state index in [4.69, 9.17) is 0 Å². The second-order valence-electron chi connectivity index (χ2n) is 10.7. The van der Waals surface area contributed by atoms with Gasteiger partial charge in [0.25, 0.3) is 0 Å². The van der Waals surface area contributed by atoms with Crippen LogP contribution in [0, 0.1) is 39.5 Å². The van der Waals surface area contributed by atoms with Crippen LogP contribution in [0.15, 0.2) is 60.7 Å². The van der Waals surface area contributed by atoms with Crippen molar-refractivity contribution in [2.24, 2.45) is 11.8 Å². The van der Waals surface area contributed by atoms with Crippen molar-refractivity contribution in [3.05, 3.63) is 88.5 Å². The second-order valence-corrected chi connectivity index (χ2v) is 10.7. The molecule has 4 unspecified atom stereocenters. The zero-order valence-electron chi connectivity index (χ0n) is 22.3. The second kappa shape index (κ2) is 10.4. The molecule has 0 heterocycles. The van der Waals surface area contributed by atoms with Gasteiger partial charge in [0.15, 0.2) is 0 Å². The van der Waals surface area contributed by atoms with Crippen molar-refractivity contribution in [3.8, 4) is 5.75 Å². The first-order valence-electron chi connectivity index (χ1n) is 12.7. The van der Waals surface area contributed by atoms with Gasteiger partial charge in [-0.05, 0) is 75.6 Å². The highest BCUT2D eigenvalue weighted by Crippen LogP contribution is 2.47. The summed E-state index contributed by atoms with van der Waals surface area (Å²) < 4.78 is 0. The van der Waals surface area contributed by atoms with Gasteiger partial charge in [-0.25, -0.2) is 0 Å². The van der Waals surface area contributed by atoms with E-state index >= 15 is 0 Å². The summed E-state index contributed by atoms with van der Waals surface area (Å²) in [6, 6.07) is 17.3. The molecule has 198 valence electrons. The summed E-state index contributed by atoms with van der Waals surface area (Å²) in [6.07, 6.45) is -0.350. The molecule has 0 bridgehead atoms. The number of benzene rings is 3. The SMILES string of the molecule is Cc1ccc(NC(=O)C2C(=O)CC(C)(O)C(C(=O)Nc3ccc(C)cc3C)C2c2ccc(O)cc2)c(C)c1. The van der Waals surface area contributed by atoms with E-state index in [1.54, 1.807) is 24.3 Å². The van der Waals surface area contributed by atoms with Crippen LogP contribution in [-0.4, -0.2) is 33.4 Å². The Labute approximate surface area is 222 Å². The first-order valence-corrected chi connectivity index (χ1v) is 12.7. The molecule has 1 aliphatic rings. The van der Waals surface area contributed by atoms with E-state index in [0.29, 0.717) is 16.9 Å². The number of carbonyl (C=O) groups is 3. The van der Waals surface area contributed by atoms with Gasteiger partial charge in [-0.15, -0.1) is 0 Å². The van der Waals surface area contributed by atoms with Crippen LogP contribution in [0.5, 0.6) is 5.75 Å². The highest BCUT2D eigenvalue weighted by molar-refractivity contribution is 6.10. The average molecular weight is 515 g/mol. The van der Waals surface area contributed by atoms with Gasteiger partial charge >= 0.3 is 0 Å². The first-order chi connectivity index (χ1) is 17.9. The fraction of sp³-hybridized carbons (Fsp3) is 0.323. The van der Waals surface area contributed by atoms with Crippen LogP contribution in [0.2, 0.25) is 0 Å². The molecule has 4 atom stereocenters. The maximum absolute atomic E-state index is 13.8. The molecule has 3 aromatic rings. The standard InChI is InChI=1S/C31H34N2O5/c1-17-6-12-23(19(3)14-17)32-29(36)27-25(35)16-31(5,38)28(26(27)21-8-10-22(34)11-9-21)30(37)33-24-13-7-18(2)15-20(24)4/h6-15,26-28,34,38H,16H2,1-5H3,(H,32,36)(H,33,37). The average Bonchev–Trinajstić information content (AvgIpc) is 2.82. The van der Waals surface area contributed by atoms with E-state index in [-0.39, 0.29) is 12.2 Å². The number of carbonyl (C=O) groups excluding carboxylic acids is 3. The van der Waals surface area contributed by atoms with Crippen LogP contribution in [0.25, 0.3) is 0 Å². The molecule has 4 rings (SSSR count). The Morgan fingerprint density at radius 3 is 1.82 bits per heavy atom.